The Morgan fingerprint density at radius 1 is 1.05 bits per heavy atom. The number of nitrogens with one attached hydrogen (secondary N) is 2. The number of likely N-dealkylation sites (tertiary alicyclic amines) is 1. The molecule has 3 rings (SSSR count). The number of aromatic nitrogens is 2. The van der Waals surface area contributed by atoms with Gasteiger partial charge in [-0.05, 0) is 44.4 Å². The molecule has 0 bridgehead atoms. The maximum atomic E-state index is 13.8. The van der Waals surface area contributed by atoms with Crippen molar-refractivity contribution in [3.8, 4) is 0 Å². The maximum absolute atomic E-state index is 13.8. The van der Waals surface area contributed by atoms with E-state index < -0.39 is 47.2 Å². The Hall–Kier alpha value is -3.30. The molecule has 0 aromatic carbocycles. The third-order valence-electron chi connectivity index (χ3n) is 7.41. The second kappa shape index (κ2) is 12.5. The maximum Gasteiger partial charge on any atom is 0.327 e. The van der Waals surface area contributed by atoms with Crippen LogP contribution in [0.1, 0.15) is 83.6 Å². The summed E-state index contributed by atoms with van der Waals surface area (Å²) < 4.78 is 0. The zero-order valence-electron chi connectivity index (χ0n) is 23.1. The van der Waals surface area contributed by atoms with Crippen LogP contribution < -0.4 is 10.6 Å². The molecule has 2 fully saturated rings. The average Bonchev–Trinajstić information content (AvgIpc) is 3.28. The highest BCUT2D eigenvalue weighted by molar-refractivity contribution is 5.97. The topological polar surface area (TPSA) is 142 Å². The van der Waals surface area contributed by atoms with Crippen molar-refractivity contribution in [1.29, 1.82) is 0 Å². The van der Waals surface area contributed by atoms with Crippen molar-refractivity contribution in [2.24, 2.45) is 17.3 Å². The van der Waals surface area contributed by atoms with E-state index in [0.29, 0.717) is 13.0 Å². The van der Waals surface area contributed by atoms with E-state index in [4.69, 9.17) is 0 Å². The summed E-state index contributed by atoms with van der Waals surface area (Å²) in [7, 11) is 0. The summed E-state index contributed by atoms with van der Waals surface area (Å²) >= 11 is 0. The second-order valence-corrected chi connectivity index (χ2v) is 11.8. The van der Waals surface area contributed by atoms with Crippen LogP contribution in [0.4, 0.5) is 0 Å². The van der Waals surface area contributed by atoms with Gasteiger partial charge < -0.3 is 20.6 Å². The first-order valence-electron chi connectivity index (χ1n) is 13.5. The predicted octanol–water partition coefficient (Wildman–Crippen LogP) is 2.95. The molecule has 2 heterocycles. The van der Waals surface area contributed by atoms with Gasteiger partial charge in [0, 0.05) is 24.9 Å². The average molecular weight is 528 g/mol. The Balaban J connectivity index is 1.85. The summed E-state index contributed by atoms with van der Waals surface area (Å²) in [5.74, 6) is -2.81. The summed E-state index contributed by atoms with van der Waals surface area (Å²) in [5.41, 5.74) is 0.401. The fourth-order valence-corrected chi connectivity index (χ4v) is 5.53. The summed E-state index contributed by atoms with van der Waals surface area (Å²) in [5, 5.41) is 15.7. The van der Waals surface area contributed by atoms with Crippen molar-refractivity contribution in [1.82, 2.24) is 25.5 Å². The standard InChI is InChI=1S/C28H41N5O5/c1-17(2)15-19-11-14-33(22(19)27(37)38)26(36)23(28(3,4)5)32-25(35)21(18-9-7-6-8-10-18)31-24(34)20-16-29-12-13-30-20/h12-13,15-16,18-19,21-23H,6-11,14H2,1-5H3,(H,31,34)(H,32,35)(H,37,38)/t19-,21+,22+,23-/m1/s1. The minimum Gasteiger partial charge on any atom is -0.480 e. The predicted molar refractivity (Wildman–Crippen MR) is 142 cm³/mol. The van der Waals surface area contributed by atoms with Gasteiger partial charge in [0.05, 0.1) is 6.20 Å². The third kappa shape index (κ3) is 7.17. The smallest absolute Gasteiger partial charge is 0.327 e. The summed E-state index contributed by atoms with van der Waals surface area (Å²) in [6, 6.07) is -2.82. The van der Waals surface area contributed by atoms with E-state index >= 15 is 0 Å². The summed E-state index contributed by atoms with van der Waals surface area (Å²) in [6.45, 7) is 9.61. The lowest BCUT2D eigenvalue weighted by Crippen LogP contribution is -2.61. The minimum atomic E-state index is -1.06. The van der Waals surface area contributed by atoms with Gasteiger partial charge in [-0.2, -0.15) is 0 Å². The number of hydrogen-bond donors (Lipinski definition) is 3. The normalized spacial score (nSPS) is 21.8. The molecular weight excluding hydrogens is 486 g/mol. The van der Waals surface area contributed by atoms with E-state index in [1.54, 1.807) is 0 Å². The van der Waals surface area contributed by atoms with E-state index in [9.17, 15) is 24.3 Å². The van der Waals surface area contributed by atoms with Gasteiger partial charge in [-0.15, -0.1) is 0 Å². The Kier molecular flexibility index (Phi) is 9.62. The van der Waals surface area contributed by atoms with Crippen molar-refractivity contribution in [2.45, 2.75) is 91.3 Å². The number of nitrogens with zero attached hydrogens (tertiary/aromatic N) is 3. The van der Waals surface area contributed by atoms with Crippen LogP contribution in [0.15, 0.2) is 30.2 Å². The lowest BCUT2D eigenvalue weighted by Gasteiger charge is -2.37. The number of allylic oxidation sites excluding steroid dienone is 1. The Morgan fingerprint density at radius 3 is 2.29 bits per heavy atom. The van der Waals surface area contributed by atoms with Gasteiger partial charge >= 0.3 is 5.97 Å². The Morgan fingerprint density at radius 2 is 1.74 bits per heavy atom. The number of rotatable bonds is 8. The largest absolute Gasteiger partial charge is 0.480 e. The van der Waals surface area contributed by atoms with E-state index in [1.165, 1.54) is 23.5 Å². The quantitative estimate of drug-likeness (QED) is 0.441. The molecule has 10 heteroatoms. The molecule has 1 aromatic rings. The third-order valence-corrected chi connectivity index (χ3v) is 7.41. The summed E-state index contributed by atoms with van der Waals surface area (Å²) in [6.07, 6.45) is 11.2. The zero-order chi connectivity index (χ0) is 28.0. The fraction of sp³-hybridized carbons (Fsp3) is 0.643. The fourth-order valence-electron chi connectivity index (χ4n) is 5.53. The van der Waals surface area contributed by atoms with Gasteiger partial charge in [0.1, 0.15) is 23.8 Å². The van der Waals surface area contributed by atoms with Gasteiger partial charge in [0.15, 0.2) is 0 Å². The van der Waals surface area contributed by atoms with Crippen molar-refractivity contribution >= 4 is 23.7 Å². The van der Waals surface area contributed by atoms with Crippen LogP contribution in [0.2, 0.25) is 0 Å². The minimum absolute atomic E-state index is 0.0827. The Bertz CT molecular complexity index is 1040. The highest BCUT2D eigenvalue weighted by Crippen LogP contribution is 2.31. The van der Waals surface area contributed by atoms with Gasteiger partial charge in [0.2, 0.25) is 11.8 Å². The molecule has 2 aliphatic rings. The lowest BCUT2D eigenvalue weighted by atomic mass is 9.82. The van der Waals surface area contributed by atoms with Crippen molar-refractivity contribution in [3.05, 3.63) is 35.9 Å². The monoisotopic (exact) mass is 527 g/mol. The molecule has 1 saturated carbocycles. The zero-order valence-corrected chi connectivity index (χ0v) is 23.1. The van der Waals surface area contributed by atoms with Gasteiger partial charge in [-0.1, -0.05) is 51.7 Å². The van der Waals surface area contributed by atoms with Crippen LogP contribution in [-0.4, -0.2) is 68.3 Å². The van der Waals surface area contributed by atoms with E-state index in [0.717, 1.165) is 37.7 Å². The molecule has 10 nitrogen and oxygen atoms in total. The molecule has 1 aromatic heterocycles. The number of carboxylic acid groups (broad SMARTS) is 1. The highest BCUT2D eigenvalue weighted by atomic mass is 16.4. The second-order valence-electron chi connectivity index (χ2n) is 11.8. The molecule has 1 saturated heterocycles. The van der Waals surface area contributed by atoms with Gasteiger partial charge in [-0.3, -0.25) is 19.4 Å². The molecule has 0 spiro atoms. The highest BCUT2D eigenvalue weighted by Gasteiger charge is 2.46. The number of aliphatic carboxylic acids is 1. The van der Waals surface area contributed by atoms with Crippen molar-refractivity contribution in [2.75, 3.05) is 6.54 Å². The van der Waals surface area contributed by atoms with Gasteiger partial charge in [0.25, 0.3) is 5.91 Å². The molecule has 38 heavy (non-hydrogen) atoms. The van der Waals surface area contributed by atoms with E-state index in [-0.39, 0.29) is 17.5 Å². The molecule has 0 unspecified atom stereocenters. The van der Waals surface area contributed by atoms with Crippen LogP contribution in [-0.2, 0) is 14.4 Å². The first-order valence-corrected chi connectivity index (χ1v) is 13.5. The van der Waals surface area contributed by atoms with Crippen molar-refractivity contribution in [3.63, 3.8) is 0 Å². The molecule has 0 radical (unpaired) electrons. The number of carbonyl (C=O) groups is 4. The van der Waals surface area contributed by atoms with Crippen molar-refractivity contribution < 1.29 is 24.3 Å². The molecule has 3 N–H and O–H groups in total. The number of amides is 3. The lowest BCUT2D eigenvalue weighted by molar-refractivity contribution is -0.151. The molecule has 1 aliphatic carbocycles. The molecule has 1 aliphatic heterocycles. The van der Waals surface area contributed by atoms with E-state index in [2.05, 4.69) is 20.6 Å². The molecule has 3 amide bonds. The first kappa shape index (κ1) is 29.3. The number of hydrogen-bond acceptors (Lipinski definition) is 6. The first-order chi connectivity index (χ1) is 17.9. The molecule has 208 valence electrons. The van der Waals surface area contributed by atoms with Crippen LogP contribution in [0.25, 0.3) is 0 Å². The van der Waals surface area contributed by atoms with Crippen LogP contribution in [0.3, 0.4) is 0 Å². The van der Waals surface area contributed by atoms with Crippen LogP contribution in [0, 0.1) is 17.3 Å². The Labute approximate surface area is 224 Å². The van der Waals surface area contributed by atoms with Crippen LogP contribution in [0.5, 0.6) is 0 Å². The molecule has 4 atom stereocenters. The number of carboxylic acids is 1. The van der Waals surface area contributed by atoms with E-state index in [1.807, 2.05) is 40.7 Å². The SMILES string of the molecule is CC(C)=C[C@H]1CCN(C(=O)[C@@H](NC(=O)[C@@H](NC(=O)c2cnccn2)C2CCCCC2)C(C)(C)C)[C@@H]1C(=O)O. The number of carbonyl (C=O) groups excluding carboxylic acids is 3. The summed E-state index contributed by atoms with van der Waals surface area (Å²) in [4.78, 5) is 62.1. The molecular formula is C28H41N5O5. The van der Waals surface area contributed by atoms with Gasteiger partial charge in [-0.25, -0.2) is 9.78 Å². The van der Waals surface area contributed by atoms with Crippen LogP contribution >= 0.6 is 0 Å².